The lowest BCUT2D eigenvalue weighted by Crippen LogP contribution is -2.42. The molecule has 0 radical (unpaired) electrons. The number of nitrogens with two attached hydrogens (primary N) is 1. The van der Waals surface area contributed by atoms with Crippen LogP contribution in [0.4, 0.5) is 5.69 Å². The Morgan fingerprint density at radius 3 is 2.59 bits per heavy atom. The molecule has 0 saturated carbocycles. The van der Waals surface area contributed by atoms with Gasteiger partial charge in [0.2, 0.25) is 11.8 Å². The number of nitriles is 1. The Hall–Kier alpha value is -2.55. The topological polar surface area (TPSA) is 99.2 Å². The first-order chi connectivity index (χ1) is 10.6. The van der Waals surface area contributed by atoms with Gasteiger partial charge in [0.15, 0.2) is 0 Å². The second-order valence-electron chi connectivity index (χ2n) is 5.42. The third kappa shape index (κ3) is 4.22. The molecule has 1 aromatic rings. The summed E-state index contributed by atoms with van der Waals surface area (Å²) < 4.78 is 0. The van der Waals surface area contributed by atoms with Crippen molar-refractivity contribution in [1.82, 2.24) is 4.90 Å². The molecule has 22 heavy (non-hydrogen) atoms. The van der Waals surface area contributed by atoms with E-state index >= 15 is 0 Å². The molecule has 6 heteroatoms. The maximum atomic E-state index is 11.9. The van der Waals surface area contributed by atoms with Gasteiger partial charge in [-0.25, -0.2) is 0 Å². The predicted octanol–water partition coefficient (Wildman–Crippen LogP) is 1.23. The van der Waals surface area contributed by atoms with Crippen molar-refractivity contribution in [2.45, 2.75) is 31.7 Å². The van der Waals surface area contributed by atoms with E-state index < -0.39 is 5.91 Å². The molecule has 6 nitrogen and oxygen atoms in total. The van der Waals surface area contributed by atoms with E-state index in [-0.39, 0.29) is 24.8 Å². The quantitative estimate of drug-likeness (QED) is 0.854. The SMILES string of the molecule is N#Cc1ccccc1NC1CCN(C(=O)CCC(N)=O)CC1. The molecule has 1 heterocycles. The maximum absolute atomic E-state index is 11.9. The van der Waals surface area contributed by atoms with Crippen LogP contribution in [0.5, 0.6) is 0 Å². The second-order valence-corrected chi connectivity index (χ2v) is 5.42. The Morgan fingerprint density at radius 2 is 1.95 bits per heavy atom. The molecule has 0 aromatic heterocycles. The lowest BCUT2D eigenvalue weighted by atomic mass is 10.0. The molecule has 0 atom stereocenters. The predicted molar refractivity (Wildman–Crippen MR) is 82.8 cm³/mol. The van der Waals surface area contributed by atoms with Crippen molar-refractivity contribution in [2.75, 3.05) is 18.4 Å². The number of para-hydroxylation sites is 1. The van der Waals surface area contributed by atoms with Gasteiger partial charge >= 0.3 is 0 Å². The third-order valence-electron chi connectivity index (χ3n) is 3.84. The van der Waals surface area contributed by atoms with Gasteiger partial charge in [0.25, 0.3) is 0 Å². The molecule has 0 bridgehead atoms. The van der Waals surface area contributed by atoms with Gasteiger partial charge in [-0.3, -0.25) is 9.59 Å². The lowest BCUT2D eigenvalue weighted by Gasteiger charge is -2.33. The van der Waals surface area contributed by atoms with E-state index in [0.717, 1.165) is 18.5 Å². The molecular weight excluding hydrogens is 280 g/mol. The molecule has 1 aliphatic heterocycles. The zero-order chi connectivity index (χ0) is 15.9. The van der Waals surface area contributed by atoms with Crippen LogP contribution in [-0.2, 0) is 9.59 Å². The molecule has 3 N–H and O–H groups in total. The summed E-state index contributed by atoms with van der Waals surface area (Å²) in [6.07, 6.45) is 1.93. The van der Waals surface area contributed by atoms with Gasteiger partial charge in [-0.05, 0) is 25.0 Å². The number of carbonyl (C=O) groups excluding carboxylic acids is 2. The Balaban J connectivity index is 1.83. The zero-order valence-corrected chi connectivity index (χ0v) is 12.4. The molecule has 2 amide bonds. The van der Waals surface area contributed by atoms with Crippen molar-refractivity contribution in [3.8, 4) is 6.07 Å². The number of carbonyl (C=O) groups is 2. The highest BCUT2D eigenvalue weighted by molar-refractivity contribution is 5.82. The van der Waals surface area contributed by atoms with Crippen molar-refractivity contribution in [2.24, 2.45) is 5.73 Å². The molecule has 116 valence electrons. The molecule has 2 rings (SSSR count). The fourth-order valence-electron chi connectivity index (χ4n) is 2.59. The fourth-order valence-corrected chi connectivity index (χ4v) is 2.59. The van der Waals surface area contributed by atoms with Gasteiger partial charge in [0.1, 0.15) is 6.07 Å². The molecule has 0 aliphatic carbocycles. The Labute approximate surface area is 129 Å². The van der Waals surface area contributed by atoms with Crippen molar-refractivity contribution >= 4 is 17.5 Å². The minimum atomic E-state index is -0.446. The standard InChI is InChI=1S/C16H20N4O2/c17-11-12-3-1-2-4-14(12)19-13-7-9-20(10-8-13)16(22)6-5-15(18)21/h1-4,13,19H,5-10H2,(H2,18,21). The average molecular weight is 300 g/mol. The van der Waals surface area contributed by atoms with E-state index in [2.05, 4.69) is 11.4 Å². The molecular formula is C16H20N4O2. The van der Waals surface area contributed by atoms with E-state index in [4.69, 9.17) is 11.0 Å². The van der Waals surface area contributed by atoms with Crippen LogP contribution >= 0.6 is 0 Å². The number of nitrogens with one attached hydrogen (secondary N) is 1. The van der Waals surface area contributed by atoms with Crippen LogP contribution < -0.4 is 11.1 Å². The van der Waals surface area contributed by atoms with Crippen LogP contribution in [0.1, 0.15) is 31.2 Å². The first-order valence-electron chi connectivity index (χ1n) is 7.42. The van der Waals surface area contributed by atoms with E-state index in [9.17, 15) is 9.59 Å². The molecule has 1 aliphatic rings. The molecule has 0 spiro atoms. The summed E-state index contributed by atoms with van der Waals surface area (Å²) in [6.45, 7) is 1.31. The number of hydrogen-bond donors (Lipinski definition) is 2. The molecule has 1 saturated heterocycles. The van der Waals surface area contributed by atoms with Crippen molar-refractivity contribution in [1.29, 1.82) is 5.26 Å². The van der Waals surface area contributed by atoms with Crippen molar-refractivity contribution in [3.05, 3.63) is 29.8 Å². The van der Waals surface area contributed by atoms with E-state index in [1.807, 2.05) is 18.2 Å². The number of primary amides is 1. The molecule has 0 unspecified atom stereocenters. The highest BCUT2D eigenvalue weighted by Gasteiger charge is 2.23. The van der Waals surface area contributed by atoms with Crippen LogP contribution in [0.3, 0.4) is 0 Å². The van der Waals surface area contributed by atoms with Crippen LogP contribution in [-0.4, -0.2) is 35.8 Å². The van der Waals surface area contributed by atoms with Crippen LogP contribution in [0.2, 0.25) is 0 Å². The number of benzene rings is 1. The Bertz CT molecular complexity index is 586. The minimum Gasteiger partial charge on any atom is -0.381 e. The fraction of sp³-hybridized carbons (Fsp3) is 0.438. The number of likely N-dealkylation sites (tertiary alicyclic amines) is 1. The van der Waals surface area contributed by atoms with Gasteiger partial charge in [0, 0.05) is 32.0 Å². The van der Waals surface area contributed by atoms with E-state index in [1.54, 1.807) is 11.0 Å². The summed E-state index contributed by atoms with van der Waals surface area (Å²) in [5.74, 6) is -0.465. The lowest BCUT2D eigenvalue weighted by molar-refractivity contribution is -0.134. The summed E-state index contributed by atoms with van der Waals surface area (Å²) in [6, 6.07) is 9.82. The first-order valence-corrected chi connectivity index (χ1v) is 7.42. The van der Waals surface area contributed by atoms with Crippen LogP contribution in [0.15, 0.2) is 24.3 Å². The van der Waals surface area contributed by atoms with Crippen molar-refractivity contribution in [3.63, 3.8) is 0 Å². The van der Waals surface area contributed by atoms with Crippen LogP contribution in [0.25, 0.3) is 0 Å². The second kappa shape index (κ2) is 7.46. The number of amides is 2. The summed E-state index contributed by atoms with van der Waals surface area (Å²) >= 11 is 0. The first kappa shape index (κ1) is 15.8. The largest absolute Gasteiger partial charge is 0.381 e. The average Bonchev–Trinajstić information content (AvgIpc) is 2.54. The van der Waals surface area contributed by atoms with E-state index in [1.165, 1.54) is 0 Å². The normalized spacial score (nSPS) is 15.1. The van der Waals surface area contributed by atoms with E-state index in [0.29, 0.717) is 18.7 Å². The highest BCUT2D eigenvalue weighted by atomic mass is 16.2. The zero-order valence-electron chi connectivity index (χ0n) is 12.4. The molecule has 1 fully saturated rings. The maximum Gasteiger partial charge on any atom is 0.223 e. The summed E-state index contributed by atoms with van der Waals surface area (Å²) in [7, 11) is 0. The minimum absolute atomic E-state index is 0.0188. The van der Waals surface area contributed by atoms with Gasteiger partial charge in [-0.2, -0.15) is 5.26 Å². The number of piperidine rings is 1. The van der Waals surface area contributed by atoms with Gasteiger partial charge < -0.3 is 16.0 Å². The number of anilines is 1. The number of hydrogen-bond acceptors (Lipinski definition) is 4. The number of rotatable bonds is 5. The summed E-state index contributed by atoms with van der Waals surface area (Å²) in [5.41, 5.74) is 6.52. The van der Waals surface area contributed by atoms with Gasteiger partial charge in [-0.15, -0.1) is 0 Å². The Kier molecular flexibility index (Phi) is 5.37. The number of nitrogens with zero attached hydrogens (tertiary/aromatic N) is 2. The summed E-state index contributed by atoms with van der Waals surface area (Å²) in [4.78, 5) is 24.4. The molecule has 1 aromatic carbocycles. The third-order valence-corrected chi connectivity index (χ3v) is 3.84. The smallest absolute Gasteiger partial charge is 0.223 e. The van der Waals surface area contributed by atoms with Gasteiger partial charge in [-0.1, -0.05) is 12.1 Å². The van der Waals surface area contributed by atoms with Crippen LogP contribution in [0, 0.1) is 11.3 Å². The Morgan fingerprint density at radius 1 is 1.27 bits per heavy atom. The highest BCUT2D eigenvalue weighted by Crippen LogP contribution is 2.20. The monoisotopic (exact) mass is 300 g/mol. The summed E-state index contributed by atoms with van der Waals surface area (Å²) in [5, 5.41) is 12.5. The van der Waals surface area contributed by atoms with Crippen molar-refractivity contribution < 1.29 is 9.59 Å². The van der Waals surface area contributed by atoms with Gasteiger partial charge in [0.05, 0.1) is 11.3 Å².